The van der Waals surface area contributed by atoms with Crippen molar-refractivity contribution >= 4 is 11.8 Å². The lowest BCUT2D eigenvalue weighted by Gasteiger charge is -2.30. The second kappa shape index (κ2) is 9.88. The maximum absolute atomic E-state index is 13.0. The Labute approximate surface area is 163 Å². The molecular formula is C22H34O5. The zero-order valence-corrected chi connectivity index (χ0v) is 17.5. The van der Waals surface area contributed by atoms with Crippen molar-refractivity contribution in [2.45, 2.75) is 60.0 Å². The molecule has 0 aliphatic carbocycles. The second-order valence-corrected chi connectivity index (χ2v) is 7.88. The van der Waals surface area contributed by atoms with Gasteiger partial charge in [0.05, 0.1) is 24.9 Å². The minimum atomic E-state index is -1.12. The Kier molecular flexibility index (Phi) is 8.48. The summed E-state index contributed by atoms with van der Waals surface area (Å²) in [6.45, 7) is 12.8. The molecule has 0 aromatic heterocycles. The summed E-state index contributed by atoms with van der Waals surface area (Å²) in [5.74, 6) is -1.12. The van der Waals surface area contributed by atoms with Gasteiger partial charge in [0.1, 0.15) is 12.0 Å². The molecule has 0 unspecified atom stereocenters. The normalized spacial score (nSPS) is 35.4. The van der Waals surface area contributed by atoms with E-state index < -0.39 is 23.4 Å². The van der Waals surface area contributed by atoms with Gasteiger partial charge in [0.15, 0.2) is 5.78 Å². The Morgan fingerprint density at radius 1 is 1.37 bits per heavy atom. The fraction of sp³-hybridized carbons (Fsp3) is 0.636. The van der Waals surface area contributed by atoms with Crippen molar-refractivity contribution < 1.29 is 24.2 Å². The van der Waals surface area contributed by atoms with Crippen LogP contribution < -0.4 is 0 Å². The van der Waals surface area contributed by atoms with Crippen LogP contribution in [0.15, 0.2) is 35.6 Å². The van der Waals surface area contributed by atoms with Crippen LogP contribution in [0.5, 0.6) is 0 Å². The van der Waals surface area contributed by atoms with Crippen LogP contribution >= 0.6 is 0 Å². The highest BCUT2D eigenvalue weighted by molar-refractivity contribution is 6.01. The first kappa shape index (κ1) is 23.2. The van der Waals surface area contributed by atoms with E-state index in [9.17, 15) is 14.7 Å². The monoisotopic (exact) mass is 378 g/mol. The molecule has 1 rings (SSSR count). The van der Waals surface area contributed by atoms with Crippen LogP contribution in [-0.2, 0) is 19.1 Å². The number of carbonyl (C=O) groups excluding carboxylic acids is 2. The number of allylic oxidation sites excluding steroid dienone is 4. The lowest BCUT2D eigenvalue weighted by atomic mass is 9.77. The molecule has 0 saturated carbocycles. The van der Waals surface area contributed by atoms with Crippen molar-refractivity contribution in [1.29, 1.82) is 0 Å². The molecule has 0 aromatic rings. The van der Waals surface area contributed by atoms with Crippen molar-refractivity contribution in [3.05, 3.63) is 35.6 Å². The molecule has 5 nitrogen and oxygen atoms in total. The Balaban J connectivity index is 3.38. The molecule has 0 bridgehead atoms. The molecule has 1 aliphatic heterocycles. The van der Waals surface area contributed by atoms with E-state index in [0.29, 0.717) is 12.2 Å². The molecular weight excluding hydrogens is 344 g/mol. The first-order valence-corrected chi connectivity index (χ1v) is 9.54. The average Bonchev–Trinajstić information content (AvgIpc) is 2.62. The van der Waals surface area contributed by atoms with E-state index in [1.165, 1.54) is 6.92 Å². The van der Waals surface area contributed by atoms with Gasteiger partial charge in [-0.1, -0.05) is 32.1 Å². The Hall–Kier alpha value is -1.88. The number of aliphatic hydroxyl groups is 1. The standard InChI is InChI=1S/C22H34O5/c1-8-19-16(4)10-14(2)9-15(3)11-18(26-7)12-22(6,13-23)20(24)17(5)21(25)27-19/h10-11,15,17,19,23H,2,8-9,12-13H2,1,3-7H3/b16-10+,18-11+/t15-,17-,19-,22+/m0/s1. The first-order valence-electron chi connectivity index (χ1n) is 9.54. The van der Waals surface area contributed by atoms with Crippen molar-refractivity contribution in [3.63, 3.8) is 0 Å². The molecule has 0 amide bonds. The number of ether oxygens (including phenoxy) is 2. The third kappa shape index (κ3) is 6.06. The SMILES string of the molecule is C=C1/C=C(\C)[C@H](CC)OC(=O)[C@@H](C)C(=O)[C@@](C)(CO)C/C(OC)=C\[C@@H](C)C1. The van der Waals surface area contributed by atoms with Gasteiger partial charge >= 0.3 is 5.97 Å². The quantitative estimate of drug-likeness (QED) is 0.594. The predicted octanol–water partition coefficient (Wildman–Crippen LogP) is 3.97. The third-order valence-corrected chi connectivity index (χ3v) is 5.14. The number of esters is 1. The molecule has 0 radical (unpaired) electrons. The fourth-order valence-corrected chi connectivity index (χ4v) is 3.44. The molecule has 0 saturated heterocycles. The maximum atomic E-state index is 13.0. The molecule has 27 heavy (non-hydrogen) atoms. The minimum absolute atomic E-state index is 0.150. The largest absolute Gasteiger partial charge is 0.501 e. The van der Waals surface area contributed by atoms with Crippen molar-refractivity contribution in [1.82, 2.24) is 0 Å². The molecule has 5 heteroatoms. The Morgan fingerprint density at radius 2 is 2.00 bits per heavy atom. The van der Waals surface area contributed by atoms with Gasteiger partial charge in [-0.2, -0.15) is 0 Å². The summed E-state index contributed by atoms with van der Waals surface area (Å²) in [5, 5.41) is 9.91. The van der Waals surface area contributed by atoms with Crippen LogP contribution in [0, 0.1) is 17.3 Å². The zero-order valence-electron chi connectivity index (χ0n) is 17.5. The number of hydrogen-bond acceptors (Lipinski definition) is 5. The zero-order chi connectivity index (χ0) is 20.8. The minimum Gasteiger partial charge on any atom is -0.501 e. The summed E-state index contributed by atoms with van der Waals surface area (Å²) in [4.78, 5) is 25.6. The molecule has 0 aromatic carbocycles. The van der Waals surface area contributed by atoms with Crippen LogP contribution in [0.25, 0.3) is 0 Å². The van der Waals surface area contributed by atoms with E-state index in [2.05, 4.69) is 13.5 Å². The molecule has 152 valence electrons. The fourth-order valence-electron chi connectivity index (χ4n) is 3.44. The van der Waals surface area contributed by atoms with Crippen LogP contribution in [0.4, 0.5) is 0 Å². The highest BCUT2D eigenvalue weighted by Crippen LogP contribution is 2.32. The average molecular weight is 379 g/mol. The Bertz CT molecular complexity index is 631. The molecule has 0 spiro atoms. The number of rotatable bonds is 3. The van der Waals surface area contributed by atoms with E-state index in [1.54, 1.807) is 14.0 Å². The van der Waals surface area contributed by atoms with E-state index in [-0.39, 0.29) is 24.7 Å². The maximum Gasteiger partial charge on any atom is 0.316 e. The van der Waals surface area contributed by atoms with Crippen molar-refractivity contribution in [2.75, 3.05) is 13.7 Å². The number of carbonyl (C=O) groups is 2. The molecule has 1 aliphatic rings. The summed E-state index contributed by atoms with van der Waals surface area (Å²) < 4.78 is 11.1. The second-order valence-electron chi connectivity index (χ2n) is 7.88. The molecule has 4 atom stereocenters. The molecule has 1 N–H and O–H groups in total. The molecule has 1 heterocycles. The van der Waals surface area contributed by atoms with E-state index >= 15 is 0 Å². The van der Waals surface area contributed by atoms with Gasteiger partial charge in [0, 0.05) is 6.42 Å². The van der Waals surface area contributed by atoms with Crippen LogP contribution in [0.1, 0.15) is 53.9 Å². The summed E-state index contributed by atoms with van der Waals surface area (Å²) in [6, 6.07) is 0. The van der Waals surface area contributed by atoms with Crippen molar-refractivity contribution in [3.8, 4) is 0 Å². The number of cyclic esters (lactones) is 1. The van der Waals surface area contributed by atoms with Crippen LogP contribution in [0.2, 0.25) is 0 Å². The van der Waals surface area contributed by atoms with Gasteiger partial charge in [0.2, 0.25) is 0 Å². The topological polar surface area (TPSA) is 72.8 Å². The first-order chi connectivity index (χ1) is 12.6. The molecule has 0 fully saturated rings. The lowest BCUT2D eigenvalue weighted by Crippen LogP contribution is -2.40. The number of Topliss-reactive ketones (excluding diaryl/α,β-unsaturated/α-hetero) is 1. The van der Waals surface area contributed by atoms with Gasteiger partial charge in [-0.05, 0) is 51.2 Å². The summed E-state index contributed by atoms with van der Waals surface area (Å²) >= 11 is 0. The summed E-state index contributed by atoms with van der Waals surface area (Å²) in [7, 11) is 1.55. The number of methoxy groups -OCH3 is 1. The van der Waals surface area contributed by atoms with E-state index in [1.807, 2.05) is 26.0 Å². The highest BCUT2D eigenvalue weighted by atomic mass is 16.5. The highest BCUT2D eigenvalue weighted by Gasteiger charge is 2.40. The van der Waals surface area contributed by atoms with E-state index in [4.69, 9.17) is 9.47 Å². The van der Waals surface area contributed by atoms with Crippen LogP contribution in [-0.4, -0.2) is 36.7 Å². The van der Waals surface area contributed by atoms with Gasteiger partial charge in [-0.25, -0.2) is 0 Å². The number of aliphatic hydroxyl groups excluding tert-OH is 1. The number of ketones is 1. The van der Waals surface area contributed by atoms with Gasteiger partial charge in [-0.15, -0.1) is 0 Å². The van der Waals surface area contributed by atoms with Gasteiger partial charge in [0.25, 0.3) is 0 Å². The van der Waals surface area contributed by atoms with E-state index in [0.717, 1.165) is 17.6 Å². The lowest BCUT2D eigenvalue weighted by molar-refractivity contribution is -0.157. The van der Waals surface area contributed by atoms with Gasteiger partial charge < -0.3 is 14.6 Å². The van der Waals surface area contributed by atoms with Crippen molar-refractivity contribution in [2.24, 2.45) is 17.3 Å². The third-order valence-electron chi connectivity index (χ3n) is 5.14. The number of hydrogen-bond donors (Lipinski definition) is 1. The summed E-state index contributed by atoms with van der Waals surface area (Å²) in [5.41, 5.74) is 0.723. The predicted molar refractivity (Wildman–Crippen MR) is 106 cm³/mol. The summed E-state index contributed by atoms with van der Waals surface area (Å²) in [6.07, 6.45) is 5.07. The van der Waals surface area contributed by atoms with Gasteiger partial charge in [-0.3, -0.25) is 9.59 Å². The smallest absolute Gasteiger partial charge is 0.316 e. The van der Waals surface area contributed by atoms with Crippen LogP contribution in [0.3, 0.4) is 0 Å². The Morgan fingerprint density at radius 3 is 2.52 bits per heavy atom.